The van der Waals surface area contributed by atoms with Crippen molar-refractivity contribution < 1.29 is 19.0 Å². The van der Waals surface area contributed by atoms with Gasteiger partial charge >= 0.3 is 5.97 Å². The van der Waals surface area contributed by atoms with Crippen molar-refractivity contribution in [3.63, 3.8) is 0 Å². The van der Waals surface area contributed by atoms with Crippen molar-refractivity contribution >= 4 is 11.7 Å². The molecule has 1 saturated heterocycles. The molecule has 1 aliphatic heterocycles. The highest BCUT2D eigenvalue weighted by molar-refractivity contribution is 5.86. The fourth-order valence-electron chi connectivity index (χ4n) is 1.87. The van der Waals surface area contributed by atoms with Crippen molar-refractivity contribution in [2.75, 3.05) is 32.3 Å². The molecule has 1 atom stereocenters. The molecule has 1 aromatic carbocycles. The molecule has 5 nitrogen and oxygen atoms in total. The minimum Gasteiger partial charge on any atom is -0.493 e. The molecule has 2 rings (SSSR count). The van der Waals surface area contributed by atoms with Gasteiger partial charge in [-0.05, 0) is 19.1 Å². The Bertz CT molecular complexity index is 447. The minimum atomic E-state index is -0.174. The standard InChI is InChI=1S/C13H17NO4/c1-4-18-13(15)10-8-14(10)9-5-6-11(16-2)12(7-9)17-3/h5-7,10H,4,8H2,1-3H3. The van der Waals surface area contributed by atoms with E-state index in [0.29, 0.717) is 24.7 Å². The number of hydrogen-bond acceptors (Lipinski definition) is 5. The Labute approximate surface area is 106 Å². The van der Waals surface area contributed by atoms with Gasteiger partial charge in [-0.1, -0.05) is 0 Å². The van der Waals surface area contributed by atoms with Crippen LogP contribution in [0.3, 0.4) is 0 Å². The van der Waals surface area contributed by atoms with Crippen LogP contribution in [0.2, 0.25) is 0 Å². The Morgan fingerprint density at radius 3 is 2.67 bits per heavy atom. The van der Waals surface area contributed by atoms with Gasteiger partial charge in [0.15, 0.2) is 11.5 Å². The van der Waals surface area contributed by atoms with Crippen LogP contribution in [0.4, 0.5) is 5.69 Å². The Morgan fingerprint density at radius 1 is 1.33 bits per heavy atom. The van der Waals surface area contributed by atoms with Crippen LogP contribution in [-0.2, 0) is 9.53 Å². The lowest BCUT2D eigenvalue weighted by molar-refractivity contribution is -0.142. The lowest BCUT2D eigenvalue weighted by Gasteiger charge is -2.11. The molecule has 1 aliphatic rings. The van der Waals surface area contributed by atoms with E-state index in [2.05, 4.69) is 0 Å². The van der Waals surface area contributed by atoms with Crippen molar-refractivity contribution in [2.45, 2.75) is 13.0 Å². The molecule has 1 aromatic rings. The largest absolute Gasteiger partial charge is 0.493 e. The van der Waals surface area contributed by atoms with E-state index in [1.54, 1.807) is 21.1 Å². The summed E-state index contributed by atoms with van der Waals surface area (Å²) in [5, 5.41) is 0. The third-order valence-corrected chi connectivity index (χ3v) is 2.87. The number of nitrogens with zero attached hydrogens (tertiary/aromatic N) is 1. The molecule has 1 unspecified atom stereocenters. The molecular weight excluding hydrogens is 234 g/mol. The van der Waals surface area contributed by atoms with Crippen molar-refractivity contribution in [2.24, 2.45) is 0 Å². The highest BCUT2D eigenvalue weighted by atomic mass is 16.5. The maximum Gasteiger partial charge on any atom is 0.330 e. The van der Waals surface area contributed by atoms with Crippen LogP contribution >= 0.6 is 0 Å². The number of carbonyl (C=O) groups excluding carboxylic acids is 1. The van der Waals surface area contributed by atoms with E-state index in [9.17, 15) is 4.79 Å². The molecule has 0 saturated carbocycles. The van der Waals surface area contributed by atoms with Gasteiger partial charge in [-0.15, -0.1) is 0 Å². The van der Waals surface area contributed by atoms with Gasteiger partial charge in [-0.2, -0.15) is 0 Å². The summed E-state index contributed by atoms with van der Waals surface area (Å²) in [7, 11) is 3.18. The van der Waals surface area contributed by atoms with E-state index in [4.69, 9.17) is 14.2 Å². The molecular formula is C13H17NO4. The predicted molar refractivity (Wildman–Crippen MR) is 67.3 cm³/mol. The highest BCUT2D eigenvalue weighted by Crippen LogP contribution is 2.36. The maximum atomic E-state index is 11.5. The van der Waals surface area contributed by atoms with E-state index in [1.807, 2.05) is 23.1 Å². The molecule has 0 aliphatic carbocycles. The lowest BCUT2D eigenvalue weighted by Crippen LogP contribution is -2.15. The van der Waals surface area contributed by atoms with Crippen LogP contribution < -0.4 is 14.4 Å². The third kappa shape index (κ3) is 2.34. The van der Waals surface area contributed by atoms with Gasteiger partial charge in [-0.3, -0.25) is 0 Å². The Morgan fingerprint density at radius 2 is 2.06 bits per heavy atom. The highest BCUT2D eigenvalue weighted by Gasteiger charge is 2.42. The number of esters is 1. The molecule has 0 aromatic heterocycles. The van der Waals surface area contributed by atoms with Crippen molar-refractivity contribution in [1.29, 1.82) is 0 Å². The maximum absolute atomic E-state index is 11.5. The number of anilines is 1. The molecule has 98 valence electrons. The topological polar surface area (TPSA) is 47.8 Å². The normalized spacial score (nSPS) is 17.3. The number of methoxy groups -OCH3 is 2. The van der Waals surface area contributed by atoms with Gasteiger partial charge in [0.25, 0.3) is 0 Å². The smallest absolute Gasteiger partial charge is 0.330 e. The minimum absolute atomic E-state index is 0.164. The Balaban J connectivity index is 2.10. The first-order chi connectivity index (χ1) is 8.71. The number of ether oxygens (including phenoxy) is 3. The second-order valence-corrected chi connectivity index (χ2v) is 3.96. The molecule has 0 radical (unpaired) electrons. The number of benzene rings is 1. The molecule has 1 fully saturated rings. The quantitative estimate of drug-likeness (QED) is 0.585. The zero-order valence-corrected chi connectivity index (χ0v) is 10.8. The fourth-order valence-corrected chi connectivity index (χ4v) is 1.87. The monoisotopic (exact) mass is 251 g/mol. The van der Waals surface area contributed by atoms with Crippen LogP contribution in [0.25, 0.3) is 0 Å². The van der Waals surface area contributed by atoms with Crippen LogP contribution in [0.15, 0.2) is 18.2 Å². The number of rotatable bonds is 5. The Hall–Kier alpha value is -1.91. The van der Waals surface area contributed by atoms with Crippen LogP contribution in [0.1, 0.15) is 6.92 Å². The second kappa shape index (κ2) is 5.16. The summed E-state index contributed by atoms with van der Waals surface area (Å²) in [6.45, 7) is 2.91. The zero-order valence-electron chi connectivity index (χ0n) is 10.8. The summed E-state index contributed by atoms with van der Waals surface area (Å²) in [6, 6.07) is 5.43. The third-order valence-electron chi connectivity index (χ3n) is 2.87. The van der Waals surface area contributed by atoms with Crippen molar-refractivity contribution in [1.82, 2.24) is 0 Å². The van der Waals surface area contributed by atoms with E-state index in [1.165, 1.54) is 0 Å². The summed E-state index contributed by atoms with van der Waals surface area (Å²) in [5.41, 5.74) is 0.936. The second-order valence-electron chi connectivity index (χ2n) is 3.96. The molecule has 0 N–H and O–H groups in total. The van der Waals surface area contributed by atoms with Crippen LogP contribution in [0.5, 0.6) is 11.5 Å². The molecule has 1 heterocycles. The first-order valence-electron chi connectivity index (χ1n) is 5.86. The molecule has 0 amide bonds. The van der Waals surface area contributed by atoms with Crippen molar-refractivity contribution in [3.8, 4) is 11.5 Å². The summed E-state index contributed by atoms with van der Waals surface area (Å²) < 4.78 is 15.4. The lowest BCUT2D eigenvalue weighted by atomic mass is 10.2. The Kier molecular flexibility index (Phi) is 3.60. The summed E-state index contributed by atoms with van der Waals surface area (Å²) in [6.07, 6.45) is 0. The summed E-state index contributed by atoms with van der Waals surface area (Å²) >= 11 is 0. The van der Waals surface area contributed by atoms with Crippen LogP contribution in [0, 0.1) is 0 Å². The van der Waals surface area contributed by atoms with Gasteiger partial charge in [0.1, 0.15) is 6.04 Å². The number of hydrogen-bond donors (Lipinski definition) is 0. The van der Waals surface area contributed by atoms with Gasteiger partial charge in [0, 0.05) is 11.8 Å². The average molecular weight is 251 g/mol. The first-order valence-corrected chi connectivity index (χ1v) is 5.86. The van der Waals surface area contributed by atoms with Gasteiger partial charge in [-0.25, -0.2) is 4.79 Å². The molecule has 0 spiro atoms. The first kappa shape index (κ1) is 12.5. The van der Waals surface area contributed by atoms with E-state index < -0.39 is 0 Å². The van der Waals surface area contributed by atoms with E-state index >= 15 is 0 Å². The van der Waals surface area contributed by atoms with Gasteiger partial charge < -0.3 is 19.1 Å². The molecule has 0 bridgehead atoms. The summed E-state index contributed by atoms with van der Waals surface area (Å²) in [4.78, 5) is 13.5. The molecule has 18 heavy (non-hydrogen) atoms. The molecule has 5 heteroatoms. The summed E-state index contributed by atoms with van der Waals surface area (Å²) in [5.74, 6) is 1.16. The van der Waals surface area contributed by atoms with Gasteiger partial charge in [0.2, 0.25) is 0 Å². The van der Waals surface area contributed by atoms with E-state index in [0.717, 1.165) is 5.69 Å². The van der Waals surface area contributed by atoms with E-state index in [-0.39, 0.29) is 12.0 Å². The average Bonchev–Trinajstić information content (AvgIpc) is 3.18. The van der Waals surface area contributed by atoms with Crippen LogP contribution in [-0.4, -0.2) is 39.4 Å². The number of carbonyl (C=O) groups is 1. The van der Waals surface area contributed by atoms with Crippen molar-refractivity contribution in [3.05, 3.63) is 18.2 Å². The fraction of sp³-hybridized carbons (Fsp3) is 0.462. The zero-order chi connectivity index (χ0) is 13.1. The predicted octanol–water partition coefficient (Wildman–Crippen LogP) is 1.46. The SMILES string of the molecule is CCOC(=O)C1CN1c1ccc(OC)c(OC)c1. The van der Waals surface area contributed by atoms with Gasteiger partial charge in [0.05, 0.1) is 27.4 Å².